The van der Waals surface area contributed by atoms with Crippen LogP contribution >= 0.6 is 0 Å². The van der Waals surface area contributed by atoms with Gasteiger partial charge in [-0.25, -0.2) is 19.9 Å². The number of benzene rings is 2. The standard InChI is InChI=1S/C36H28N4/c1-35(2)24-11-7-5-9-22(24)32-26(35)15-19-28(37-32)30-17-13-21-14-18-31(40-34(21)39-30)29-20-16-27-33(38-29)23-10-6-8-12-25(23)36(27,3)4/h5-20H,1-4H3. The van der Waals surface area contributed by atoms with Gasteiger partial charge in [-0.05, 0) is 58.7 Å². The van der Waals surface area contributed by atoms with Crippen molar-refractivity contribution >= 4 is 11.0 Å². The molecule has 192 valence electrons. The minimum atomic E-state index is -0.0662. The van der Waals surface area contributed by atoms with Crippen molar-refractivity contribution in [3.63, 3.8) is 0 Å². The lowest BCUT2D eigenvalue weighted by atomic mass is 9.83. The summed E-state index contributed by atoms with van der Waals surface area (Å²) in [5, 5.41) is 0.993. The predicted molar refractivity (Wildman–Crippen MR) is 161 cm³/mol. The largest absolute Gasteiger partial charge is 0.246 e. The van der Waals surface area contributed by atoms with Crippen LogP contribution in [0.3, 0.4) is 0 Å². The van der Waals surface area contributed by atoms with Gasteiger partial charge in [0.1, 0.15) is 0 Å². The van der Waals surface area contributed by atoms with Crippen molar-refractivity contribution in [1.82, 2.24) is 19.9 Å². The summed E-state index contributed by atoms with van der Waals surface area (Å²) in [5.74, 6) is 0. The zero-order valence-corrected chi connectivity index (χ0v) is 23.0. The van der Waals surface area contributed by atoms with E-state index in [2.05, 4.69) is 113 Å². The Hall–Kier alpha value is -4.70. The van der Waals surface area contributed by atoms with E-state index < -0.39 is 0 Å². The van der Waals surface area contributed by atoms with Gasteiger partial charge in [0.15, 0.2) is 5.65 Å². The predicted octanol–water partition coefficient (Wildman–Crippen LogP) is 8.37. The molecule has 0 fully saturated rings. The summed E-state index contributed by atoms with van der Waals surface area (Å²) in [4.78, 5) is 20.2. The van der Waals surface area contributed by atoms with Crippen molar-refractivity contribution in [1.29, 1.82) is 0 Å². The third-order valence-corrected chi connectivity index (χ3v) is 8.93. The maximum atomic E-state index is 5.12. The van der Waals surface area contributed by atoms with Crippen LogP contribution in [0.4, 0.5) is 0 Å². The molecule has 4 nitrogen and oxygen atoms in total. The zero-order chi connectivity index (χ0) is 27.2. The quantitative estimate of drug-likeness (QED) is 0.232. The molecule has 0 atom stereocenters. The maximum absolute atomic E-state index is 5.12. The Labute approximate surface area is 233 Å². The topological polar surface area (TPSA) is 51.6 Å². The summed E-state index contributed by atoms with van der Waals surface area (Å²) in [5.41, 5.74) is 13.6. The highest BCUT2D eigenvalue weighted by molar-refractivity contribution is 5.84. The highest BCUT2D eigenvalue weighted by atomic mass is 14.9. The number of aromatic nitrogens is 4. The van der Waals surface area contributed by atoms with Gasteiger partial charge >= 0.3 is 0 Å². The highest BCUT2D eigenvalue weighted by Gasteiger charge is 2.37. The van der Waals surface area contributed by atoms with E-state index in [4.69, 9.17) is 19.9 Å². The van der Waals surface area contributed by atoms with E-state index in [0.29, 0.717) is 5.65 Å². The van der Waals surface area contributed by atoms with Crippen molar-refractivity contribution in [2.75, 3.05) is 0 Å². The highest BCUT2D eigenvalue weighted by Crippen LogP contribution is 2.49. The van der Waals surface area contributed by atoms with Crippen LogP contribution in [0.1, 0.15) is 49.9 Å². The van der Waals surface area contributed by atoms with Crippen molar-refractivity contribution < 1.29 is 0 Å². The average molecular weight is 517 g/mol. The second kappa shape index (κ2) is 7.92. The van der Waals surface area contributed by atoms with Crippen LogP contribution in [0.25, 0.3) is 56.3 Å². The Kier molecular flexibility index (Phi) is 4.60. The third-order valence-electron chi connectivity index (χ3n) is 8.93. The lowest BCUT2D eigenvalue weighted by Crippen LogP contribution is -2.15. The molecule has 4 aromatic heterocycles. The minimum absolute atomic E-state index is 0.0662. The molecule has 2 aliphatic rings. The summed E-state index contributed by atoms with van der Waals surface area (Å²) in [6, 6.07) is 34.0. The first-order valence-electron chi connectivity index (χ1n) is 13.8. The molecule has 2 aliphatic carbocycles. The number of hydrogen-bond acceptors (Lipinski definition) is 4. The van der Waals surface area contributed by atoms with Gasteiger partial charge in [-0.3, -0.25) is 0 Å². The Morgan fingerprint density at radius 1 is 0.400 bits per heavy atom. The number of nitrogens with zero attached hydrogens (tertiary/aromatic N) is 4. The van der Waals surface area contributed by atoms with Crippen molar-refractivity contribution in [3.05, 3.63) is 119 Å². The molecule has 0 spiro atoms. The molecule has 8 rings (SSSR count). The lowest BCUT2D eigenvalue weighted by Gasteiger charge is -2.20. The fraction of sp³-hybridized carbons (Fsp3) is 0.167. The lowest BCUT2D eigenvalue weighted by molar-refractivity contribution is 0.659. The van der Waals surface area contributed by atoms with Crippen LogP contribution in [0.5, 0.6) is 0 Å². The average Bonchev–Trinajstić information content (AvgIpc) is 3.36. The van der Waals surface area contributed by atoms with E-state index in [1.165, 1.54) is 33.4 Å². The van der Waals surface area contributed by atoms with Crippen LogP contribution in [0, 0.1) is 0 Å². The molecular formula is C36H28N4. The zero-order valence-electron chi connectivity index (χ0n) is 23.0. The molecule has 4 heterocycles. The second-order valence-electron chi connectivity index (χ2n) is 12.0. The first kappa shape index (κ1) is 23.2. The number of fused-ring (bicyclic) bond motifs is 7. The third kappa shape index (κ3) is 3.13. The van der Waals surface area contributed by atoms with Gasteiger partial charge in [-0.1, -0.05) is 88.4 Å². The van der Waals surface area contributed by atoms with E-state index in [9.17, 15) is 0 Å². The molecule has 6 aromatic rings. The Morgan fingerprint density at radius 2 is 0.800 bits per heavy atom. The SMILES string of the molecule is CC1(C)c2ccccc2-c2nc(-c3ccc4ccc(-c5ccc6c(n5)-c5ccccc5C6(C)C)nc4n3)ccc21. The monoisotopic (exact) mass is 516 g/mol. The Bertz CT molecular complexity index is 1880. The fourth-order valence-electron chi connectivity index (χ4n) is 6.67. The first-order valence-corrected chi connectivity index (χ1v) is 13.8. The number of rotatable bonds is 2. The molecule has 2 aromatic carbocycles. The second-order valence-corrected chi connectivity index (χ2v) is 12.0. The molecule has 0 N–H and O–H groups in total. The van der Waals surface area contributed by atoms with E-state index in [1.54, 1.807) is 0 Å². The van der Waals surface area contributed by atoms with E-state index in [-0.39, 0.29) is 10.8 Å². The molecule has 4 heteroatoms. The van der Waals surface area contributed by atoms with Crippen LogP contribution in [-0.4, -0.2) is 19.9 Å². The summed E-state index contributed by atoms with van der Waals surface area (Å²) in [6.45, 7) is 9.08. The van der Waals surface area contributed by atoms with E-state index >= 15 is 0 Å². The molecule has 40 heavy (non-hydrogen) atoms. The van der Waals surface area contributed by atoms with Gasteiger partial charge in [0.25, 0.3) is 0 Å². The minimum Gasteiger partial charge on any atom is -0.246 e. The van der Waals surface area contributed by atoms with Gasteiger partial charge in [0, 0.05) is 27.3 Å². The fourth-order valence-corrected chi connectivity index (χ4v) is 6.67. The van der Waals surface area contributed by atoms with Crippen molar-refractivity contribution in [2.45, 2.75) is 38.5 Å². The Morgan fingerprint density at radius 3 is 1.27 bits per heavy atom. The van der Waals surface area contributed by atoms with Crippen LogP contribution < -0.4 is 0 Å². The molecule has 0 bridgehead atoms. The summed E-state index contributed by atoms with van der Waals surface area (Å²) < 4.78 is 0. The Balaban J connectivity index is 1.22. The van der Waals surface area contributed by atoms with Crippen LogP contribution in [0.15, 0.2) is 97.1 Å². The van der Waals surface area contributed by atoms with E-state index in [1.807, 2.05) is 12.1 Å². The molecule has 0 amide bonds. The molecule has 0 radical (unpaired) electrons. The smallest absolute Gasteiger partial charge is 0.160 e. The van der Waals surface area contributed by atoms with Crippen molar-refractivity contribution in [3.8, 4) is 45.3 Å². The van der Waals surface area contributed by atoms with E-state index in [0.717, 1.165) is 39.5 Å². The van der Waals surface area contributed by atoms with Crippen molar-refractivity contribution in [2.24, 2.45) is 0 Å². The summed E-state index contributed by atoms with van der Waals surface area (Å²) >= 11 is 0. The number of hydrogen-bond donors (Lipinski definition) is 0. The summed E-state index contributed by atoms with van der Waals surface area (Å²) in [7, 11) is 0. The maximum Gasteiger partial charge on any atom is 0.160 e. The van der Waals surface area contributed by atoms with Crippen LogP contribution in [0.2, 0.25) is 0 Å². The van der Waals surface area contributed by atoms with Gasteiger partial charge in [-0.2, -0.15) is 0 Å². The molecule has 0 aliphatic heterocycles. The molecular weight excluding hydrogens is 488 g/mol. The van der Waals surface area contributed by atoms with Crippen LogP contribution in [-0.2, 0) is 10.8 Å². The first-order chi connectivity index (χ1) is 19.3. The van der Waals surface area contributed by atoms with Gasteiger partial charge in [-0.15, -0.1) is 0 Å². The number of pyridine rings is 4. The van der Waals surface area contributed by atoms with Gasteiger partial charge in [0.2, 0.25) is 0 Å². The van der Waals surface area contributed by atoms with Gasteiger partial charge in [0.05, 0.1) is 34.2 Å². The molecule has 0 unspecified atom stereocenters. The molecule has 0 saturated heterocycles. The summed E-state index contributed by atoms with van der Waals surface area (Å²) in [6.07, 6.45) is 0. The molecule has 0 saturated carbocycles. The normalized spacial score (nSPS) is 15.4. The van der Waals surface area contributed by atoms with Gasteiger partial charge < -0.3 is 0 Å².